The molecule has 1 fully saturated rings. The average Bonchev–Trinajstić information content (AvgIpc) is 3.47. The smallest absolute Gasteiger partial charge is 0.268 e. The number of hydrogen-bond donors (Lipinski definition) is 1. The van der Waals surface area contributed by atoms with Crippen LogP contribution < -0.4 is 10.5 Å². The van der Waals surface area contributed by atoms with E-state index in [4.69, 9.17) is 0 Å². The molecule has 1 N–H and O–H groups in total. The van der Waals surface area contributed by atoms with Gasteiger partial charge in [0.05, 0.1) is 17.0 Å². The molecule has 29 heavy (non-hydrogen) atoms. The Hall–Kier alpha value is -2.65. The van der Waals surface area contributed by atoms with Crippen LogP contribution in [0, 0.1) is 6.92 Å². The predicted octanol–water partition coefficient (Wildman–Crippen LogP) is 3.77. The maximum Gasteiger partial charge on any atom is 0.268 e. The summed E-state index contributed by atoms with van der Waals surface area (Å²) in [5, 5.41) is 11.6. The zero-order valence-corrected chi connectivity index (χ0v) is 17.6. The highest BCUT2D eigenvalue weighted by atomic mass is 32.2. The van der Waals surface area contributed by atoms with Gasteiger partial charge in [-0.25, -0.2) is 4.98 Å². The largest absolute Gasteiger partial charge is 0.341 e. The molecule has 7 nitrogen and oxygen atoms in total. The van der Waals surface area contributed by atoms with E-state index in [0.717, 1.165) is 35.4 Å². The molecule has 0 atom stereocenters. The third-order valence-corrected chi connectivity index (χ3v) is 6.84. The molecule has 148 valence electrons. The second-order valence-corrected chi connectivity index (χ2v) is 8.94. The SMILES string of the molecule is Cc1ccc(-n2c(SCc3nc4ccsc4c(=O)[nH]3)nnc2N2CCCC2)cc1. The Bertz CT molecular complexity index is 1200. The van der Waals surface area contributed by atoms with Gasteiger partial charge in [0.25, 0.3) is 5.56 Å². The summed E-state index contributed by atoms with van der Waals surface area (Å²) in [5.74, 6) is 2.04. The van der Waals surface area contributed by atoms with Gasteiger partial charge >= 0.3 is 0 Å². The minimum absolute atomic E-state index is 0.0849. The first-order valence-corrected chi connectivity index (χ1v) is 11.4. The van der Waals surface area contributed by atoms with Gasteiger partial charge in [-0.3, -0.25) is 9.36 Å². The first-order valence-electron chi connectivity index (χ1n) is 9.55. The van der Waals surface area contributed by atoms with Crippen LogP contribution in [0.1, 0.15) is 24.2 Å². The molecule has 0 spiro atoms. The minimum atomic E-state index is -0.0849. The minimum Gasteiger partial charge on any atom is -0.341 e. The molecule has 0 amide bonds. The van der Waals surface area contributed by atoms with Crippen LogP contribution in [0.25, 0.3) is 15.9 Å². The molecule has 1 aliphatic heterocycles. The number of aromatic nitrogens is 5. The zero-order chi connectivity index (χ0) is 19.8. The van der Waals surface area contributed by atoms with E-state index in [1.807, 2.05) is 11.4 Å². The van der Waals surface area contributed by atoms with E-state index < -0.39 is 0 Å². The Morgan fingerprint density at radius 3 is 2.72 bits per heavy atom. The maximum absolute atomic E-state index is 12.2. The Kier molecular flexibility index (Phi) is 4.84. The summed E-state index contributed by atoms with van der Waals surface area (Å²) in [6.45, 7) is 4.08. The molecular weight excluding hydrogens is 404 g/mol. The third-order valence-electron chi connectivity index (χ3n) is 5.00. The van der Waals surface area contributed by atoms with Crippen molar-refractivity contribution in [2.45, 2.75) is 30.7 Å². The number of H-pyrrole nitrogens is 1. The summed E-state index contributed by atoms with van der Waals surface area (Å²) >= 11 is 2.94. The summed E-state index contributed by atoms with van der Waals surface area (Å²) in [6.07, 6.45) is 2.35. The van der Waals surface area contributed by atoms with Crippen LogP contribution in [0.3, 0.4) is 0 Å². The second-order valence-electron chi connectivity index (χ2n) is 7.08. The summed E-state index contributed by atoms with van der Waals surface area (Å²) < 4.78 is 2.77. The summed E-state index contributed by atoms with van der Waals surface area (Å²) in [4.78, 5) is 22.0. The normalized spacial score (nSPS) is 14.2. The van der Waals surface area contributed by atoms with Crippen molar-refractivity contribution in [3.8, 4) is 5.69 Å². The highest BCUT2D eigenvalue weighted by Crippen LogP contribution is 2.30. The lowest BCUT2D eigenvalue weighted by atomic mass is 10.2. The van der Waals surface area contributed by atoms with Gasteiger partial charge in [-0.1, -0.05) is 29.5 Å². The van der Waals surface area contributed by atoms with Crippen LogP contribution in [-0.2, 0) is 5.75 Å². The maximum atomic E-state index is 12.2. The van der Waals surface area contributed by atoms with Crippen LogP contribution in [0.4, 0.5) is 5.95 Å². The molecule has 1 aliphatic rings. The molecule has 4 heterocycles. The third kappa shape index (κ3) is 3.56. The fourth-order valence-electron chi connectivity index (χ4n) is 3.52. The van der Waals surface area contributed by atoms with Crippen LogP contribution in [0.15, 0.2) is 45.7 Å². The van der Waals surface area contributed by atoms with Crippen molar-refractivity contribution in [2.75, 3.05) is 18.0 Å². The molecule has 4 aromatic rings. The lowest BCUT2D eigenvalue weighted by Crippen LogP contribution is -2.22. The van der Waals surface area contributed by atoms with Crippen LogP contribution >= 0.6 is 23.1 Å². The highest BCUT2D eigenvalue weighted by molar-refractivity contribution is 7.98. The number of aromatic amines is 1. The number of aryl methyl sites for hydroxylation is 1. The lowest BCUT2D eigenvalue weighted by Gasteiger charge is -2.18. The van der Waals surface area contributed by atoms with Gasteiger partial charge in [-0.05, 0) is 43.3 Å². The van der Waals surface area contributed by atoms with Crippen LogP contribution in [-0.4, -0.2) is 37.8 Å². The zero-order valence-electron chi connectivity index (χ0n) is 16.0. The fourth-order valence-corrected chi connectivity index (χ4v) is 5.06. The molecule has 1 saturated heterocycles. The second kappa shape index (κ2) is 7.64. The highest BCUT2D eigenvalue weighted by Gasteiger charge is 2.22. The molecule has 0 radical (unpaired) electrons. The predicted molar refractivity (Wildman–Crippen MR) is 117 cm³/mol. The van der Waals surface area contributed by atoms with Crippen molar-refractivity contribution in [1.29, 1.82) is 0 Å². The fraction of sp³-hybridized carbons (Fsp3) is 0.300. The van der Waals surface area contributed by atoms with E-state index >= 15 is 0 Å². The van der Waals surface area contributed by atoms with Gasteiger partial charge in [0.1, 0.15) is 10.5 Å². The van der Waals surface area contributed by atoms with E-state index in [1.54, 1.807) is 0 Å². The number of thioether (sulfide) groups is 1. The summed E-state index contributed by atoms with van der Waals surface area (Å²) in [5.41, 5.74) is 2.91. The number of nitrogens with one attached hydrogen (secondary N) is 1. The monoisotopic (exact) mass is 424 g/mol. The molecule has 5 rings (SSSR count). The van der Waals surface area contributed by atoms with E-state index in [-0.39, 0.29) is 5.56 Å². The Balaban J connectivity index is 1.48. The topological polar surface area (TPSA) is 79.7 Å². The van der Waals surface area contributed by atoms with Crippen molar-refractivity contribution >= 4 is 39.3 Å². The Morgan fingerprint density at radius 2 is 1.93 bits per heavy atom. The molecule has 1 aromatic carbocycles. The summed E-state index contributed by atoms with van der Waals surface area (Å²) in [6, 6.07) is 10.3. The number of benzene rings is 1. The molecule has 9 heteroatoms. The first-order chi connectivity index (χ1) is 14.2. The summed E-state index contributed by atoms with van der Waals surface area (Å²) in [7, 11) is 0. The molecular formula is C20H20N6OS2. The van der Waals surface area contributed by atoms with Gasteiger partial charge in [0, 0.05) is 13.1 Å². The van der Waals surface area contributed by atoms with E-state index in [9.17, 15) is 4.79 Å². The molecule has 0 bridgehead atoms. The van der Waals surface area contributed by atoms with E-state index in [0.29, 0.717) is 16.3 Å². The number of anilines is 1. The quantitative estimate of drug-likeness (QED) is 0.491. The van der Waals surface area contributed by atoms with Crippen molar-refractivity contribution < 1.29 is 0 Å². The lowest BCUT2D eigenvalue weighted by molar-refractivity contribution is 0.840. The van der Waals surface area contributed by atoms with Crippen molar-refractivity contribution in [3.63, 3.8) is 0 Å². The van der Waals surface area contributed by atoms with E-state index in [1.165, 1.54) is 41.5 Å². The Morgan fingerprint density at radius 1 is 1.14 bits per heavy atom. The van der Waals surface area contributed by atoms with Gasteiger partial charge < -0.3 is 9.88 Å². The van der Waals surface area contributed by atoms with Crippen molar-refractivity contribution in [2.24, 2.45) is 0 Å². The Labute approximate surface area is 175 Å². The van der Waals surface area contributed by atoms with Crippen molar-refractivity contribution in [3.05, 3.63) is 57.5 Å². The molecule has 3 aromatic heterocycles. The number of hydrogen-bond acceptors (Lipinski definition) is 7. The van der Waals surface area contributed by atoms with Crippen LogP contribution in [0.2, 0.25) is 0 Å². The van der Waals surface area contributed by atoms with Gasteiger partial charge in [0.15, 0.2) is 5.16 Å². The number of nitrogens with zero attached hydrogens (tertiary/aromatic N) is 5. The van der Waals surface area contributed by atoms with Gasteiger partial charge in [-0.2, -0.15) is 0 Å². The standard InChI is InChI=1S/C20H20N6OS2/c1-13-4-6-14(7-5-13)26-19(25-9-2-3-10-25)23-24-20(26)29-12-16-21-15-8-11-28-17(15)18(27)22-16/h4-8,11H,2-3,9-10,12H2,1H3,(H,21,22,27). The molecule has 0 unspecified atom stereocenters. The molecule has 0 saturated carbocycles. The number of rotatable bonds is 5. The van der Waals surface area contributed by atoms with Gasteiger partial charge in [-0.15, -0.1) is 21.5 Å². The average molecular weight is 425 g/mol. The van der Waals surface area contributed by atoms with Gasteiger partial charge in [0.2, 0.25) is 5.95 Å². The van der Waals surface area contributed by atoms with Crippen LogP contribution in [0.5, 0.6) is 0 Å². The van der Waals surface area contributed by atoms with Crippen molar-refractivity contribution in [1.82, 2.24) is 24.7 Å². The molecule has 0 aliphatic carbocycles. The van der Waals surface area contributed by atoms with E-state index in [2.05, 4.69) is 60.8 Å². The number of thiophene rings is 1. The first kappa shape index (κ1) is 18.4. The number of fused-ring (bicyclic) bond motifs is 1.